The van der Waals surface area contributed by atoms with Gasteiger partial charge in [-0.1, -0.05) is 11.6 Å². The van der Waals surface area contributed by atoms with Gasteiger partial charge in [0, 0.05) is 28.5 Å². The minimum Gasteiger partial charge on any atom is -0.339 e. The zero-order valence-corrected chi connectivity index (χ0v) is 15.7. The van der Waals surface area contributed by atoms with Crippen LogP contribution in [-0.4, -0.2) is 26.2 Å². The number of pyridine rings is 2. The minimum atomic E-state index is -0.450. The fourth-order valence-electron chi connectivity index (χ4n) is 2.62. The Kier molecular flexibility index (Phi) is 4.87. The van der Waals surface area contributed by atoms with Crippen molar-refractivity contribution in [3.8, 4) is 11.4 Å². The highest BCUT2D eigenvalue weighted by molar-refractivity contribution is 7.98. The number of benzene rings is 1. The van der Waals surface area contributed by atoms with Crippen molar-refractivity contribution in [3.05, 3.63) is 65.8 Å². The summed E-state index contributed by atoms with van der Waals surface area (Å²) in [5, 5.41) is 4.44. The lowest BCUT2D eigenvalue weighted by atomic mass is 10.2. The number of hydrogen-bond acceptors (Lipinski definition) is 6. The molecular weight excluding hydrogens is 385 g/mol. The summed E-state index contributed by atoms with van der Waals surface area (Å²) < 4.78 is 14.3. The molecule has 0 aliphatic heterocycles. The average molecular weight is 398 g/mol. The van der Waals surface area contributed by atoms with Gasteiger partial charge in [0.25, 0.3) is 0 Å². The molecule has 3 heterocycles. The molecule has 0 aliphatic rings. The van der Waals surface area contributed by atoms with Crippen LogP contribution in [0.5, 0.6) is 0 Å². The summed E-state index contributed by atoms with van der Waals surface area (Å²) >= 11 is 7.59. The van der Waals surface area contributed by atoms with Crippen molar-refractivity contribution in [3.63, 3.8) is 0 Å². The minimum absolute atomic E-state index is 0.212. The zero-order chi connectivity index (χ0) is 18.8. The van der Waals surface area contributed by atoms with Crippen LogP contribution in [-0.2, 0) is 0 Å². The summed E-state index contributed by atoms with van der Waals surface area (Å²) in [7, 11) is 0. The number of aromatic nitrogens is 4. The molecule has 0 saturated carbocycles. The first-order valence-electron chi connectivity index (χ1n) is 7.99. The topological polar surface area (TPSA) is 63.6 Å². The van der Waals surface area contributed by atoms with Crippen molar-refractivity contribution in [2.75, 3.05) is 11.6 Å². The largest absolute Gasteiger partial charge is 0.339 e. The van der Waals surface area contributed by atoms with Gasteiger partial charge >= 0.3 is 0 Å². The number of rotatable bonds is 4. The third kappa shape index (κ3) is 3.56. The van der Waals surface area contributed by atoms with Crippen LogP contribution in [0.4, 0.5) is 15.9 Å². The highest BCUT2D eigenvalue weighted by Gasteiger charge is 2.15. The number of hydrogen-bond donors (Lipinski definition) is 1. The predicted octanol–water partition coefficient (Wildman–Crippen LogP) is 5.34. The van der Waals surface area contributed by atoms with Crippen molar-refractivity contribution >= 4 is 45.9 Å². The molecule has 0 fully saturated rings. The van der Waals surface area contributed by atoms with Crippen molar-refractivity contribution in [2.45, 2.75) is 4.90 Å². The van der Waals surface area contributed by atoms with Crippen molar-refractivity contribution in [1.29, 1.82) is 0 Å². The molecule has 0 unspecified atom stereocenters. The van der Waals surface area contributed by atoms with E-state index in [4.69, 9.17) is 11.6 Å². The molecule has 27 heavy (non-hydrogen) atoms. The van der Waals surface area contributed by atoms with E-state index >= 15 is 0 Å². The lowest BCUT2D eigenvalue weighted by molar-refractivity contribution is 0.630. The van der Waals surface area contributed by atoms with E-state index < -0.39 is 5.82 Å². The fraction of sp³-hybridized carbons (Fsp3) is 0.0526. The molecule has 5 nitrogen and oxygen atoms in total. The predicted molar refractivity (Wildman–Crippen MR) is 107 cm³/mol. The molecule has 0 aliphatic carbocycles. The van der Waals surface area contributed by atoms with Gasteiger partial charge in [-0.3, -0.25) is 4.98 Å². The third-order valence-corrected chi connectivity index (χ3v) is 4.90. The standard InChI is InChI=1S/C19H13ClFN5S/c1-27-16-10-22-8-6-15(16)24-18-12-3-2-7-23-17(12)25-19(26-18)13-9-11(20)4-5-14(13)21/h2-10H,1H3,(H,22,23,24,25,26). The Morgan fingerprint density at radius 2 is 2.00 bits per heavy atom. The van der Waals surface area contributed by atoms with Crippen molar-refractivity contribution < 1.29 is 4.39 Å². The van der Waals surface area contributed by atoms with Gasteiger partial charge in [-0.15, -0.1) is 11.8 Å². The van der Waals surface area contributed by atoms with E-state index in [2.05, 4.69) is 25.3 Å². The Labute approximate surface area is 164 Å². The molecule has 0 radical (unpaired) electrons. The molecule has 4 aromatic rings. The van der Waals surface area contributed by atoms with Crippen LogP contribution in [0.3, 0.4) is 0 Å². The second-order valence-corrected chi connectivity index (χ2v) is 6.88. The average Bonchev–Trinajstić information content (AvgIpc) is 2.70. The zero-order valence-electron chi connectivity index (χ0n) is 14.1. The maximum atomic E-state index is 14.3. The molecule has 3 aromatic heterocycles. The Bertz CT molecular complexity index is 1140. The van der Waals surface area contributed by atoms with E-state index in [1.165, 1.54) is 18.2 Å². The molecule has 0 saturated heterocycles. The first-order chi connectivity index (χ1) is 13.2. The summed E-state index contributed by atoms with van der Waals surface area (Å²) in [5.74, 6) is 0.293. The van der Waals surface area contributed by atoms with Crippen LogP contribution in [0.2, 0.25) is 5.02 Å². The van der Waals surface area contributed by atoms with E-state index in [1.807, 2.05) is 18.4 Å². The molecule has 0 amide bonds. The molecular formula is C19H13ClFN5S. The number of thioether (sulfide) groups is 1. The molecule has 134 valence electrons. The van der Waals surface area contributed by atoms with Gasteiger partial charge in [0.2, 0.25) is 0 Å². The van der Waals surface area contributed by atoms with Gasteiger partial charge in [0.15, 0.2) is 11.5 Å². The first-order valence-corrected chi connectivity index (χ1v) is 9.59. The lowest BCUT2D eigenvalue weighted by Gasteiger charge is -2.13. The second-order valence-electron chi connectivity index (χ2n) is 5.60. The lowest BCUT2D eigenvalue weighted by Crippen LogP contribution is -2.02. The highest BCUT2D eigenvalue weighted by Crippen LogP contribution is 2.31. The van der Waals surface area contributed by atoms with E-state index in [1.54, 1.807) is 36.4 Å². The number of nitrogens with one attached hydrogen (secondary N) is 1. The van der Waals surface area contributed by atoms with E-state index in [9.17, 15) is 4.39 Å². The third-order valence-electron chi connectivity index (χ3n) is 3.90. The fourth-order valence-corrected chi connectivity index (χ4v) is 3.30. The SMILES string of the molecule is CSc1cnccc1Nc1nc(-c2cc(Cl)ccc2F)nc2ncccc12. The van der Waals surface area contributed by atoms with Crippen LogP contribution < -0.4 is 5.32 Å². The Morgan fingerprint density at radius 3 is 2.85 bits per heavy atom. The quantitative estimate of drug-likeness (QED) is 0.468. The Balaban J connectivity index is 1.90. The summed E-state index contributed by atoms with van der Waals surface area (Å²) in [4.78, 5) is 18.4. The van der Waals surface area contributed by atoms with Crippen LogP contribution in [0, 0.1) is 5.82 Å². The number of halogens is 2. The Morgan fingerprint density at radius 1 is 1.11 bits per heavy atom. The molecule has 0 spiro atoms. The maximum Gasteiger partial charge on any atom is 0.167 e. The van der Waals surface area contributed by atoms with Gasteiger partial charge in [-0.05, 0) is 42.7 Å². The molecule has 1 aromatic carbocycles. The Hall–Kier alpha value is -2.77. The van der Waals surface area contributed by atoms with Crippen LogP contribution in [0.15, 0.2) is 59.9 Å². The molecule has 4 rings (SSSR count). The second kappa shape index (κ2) is 7.46. The summed E-state index contributed by atoms with van der Waals surface area (Å²) in [6, 6.07) is 9.81. The van der Waals surface area contributed by atoms with Crippen molar-refractivity contribution in [2.24, 2.45) is 0 Å². The summed E-state index contributed by atoms with van der Waals surface area (Å²) in [5.41, 5.74) is 1.53. The van der Waals surface area contributed by atoms with Crippen LogP contribution in [0.25, 0.3) is 22.4 Å². The number of fused-ring (bicyclic) bond motifs is 1. The van der Waals surface area contributed by atoms with E-state index in [0.717, 1.165) is 16.0 Å². The first kappa shape index (κ1) is 17.6. The van der Waals surface area contributed by atoms with Gasteiger partial charge in [0.1, 0.15) is 11.6 Å². The molecule has 8 heteroatoms. The van der Waals surface area contributed by atoms with Gasteiger partial charge in [0.05, 0.1) is 16.6 Å². The maximum absolute atomic E-state index is 14.3. The molecule has 0 bridgehead atoms. The van der Waals surface area contributed by atoms with Crippen molar-refractivity contribution in [1.82, 2.24) is 19.9 Å². The number of anilines is 2. The number of nitrogens with zero attached hydrogens (tertiary/aromatic N) is 4. The van der Waals surface area contributed by atoms with Gasteiger partial charge in [-0.2, -0.15) is 0 Å². The smallest absolute Gasteiger partial charge is 0.167 e. The normalized spacial score (nSPS) is 10.9. The molecule has 1 N–H and O–H groups in total. The van der Waals surface area contributed by atoms with Crippen LogP contribution >= 0.6 is 23.4 Å². The van der Waals surface area contributed by atoms with Gasteiger partial charge < -0.3 is 5.32 Å². The van der Waals surface area contributed by atoms with Gasteiger partial charge in [-0.25, -0.2) is 19.3 Å². The van der Waals surface area contributed by atoms with E-state index in [-0.39, 0.29) is 11.4 Å². The summed E-state index contributed by atoms with van der Waals surface area (Å²) in [6.45, 7) is 0. The highest BCUT2D eigenvalue weighted by atomic mass is 35.5. The summed E-state index contributed by atoms with van der Waals surface area (Å²) in [6.07, 6.45) is 7.07. The van der Waals surface area contributed by atoms with Crippen LogP contribution in [0.1, 0.15) is 0 Å². The monoisotopic (exact) mass is 397 g/mol. The molecule has 0 atom stereocenters. The van der Waals surface area contributed by atoms with E-state index in [0.29, 0.717) is 16.5 Å².